The van der Waals surface area contributed by atoms with Crippen LogP contribution < -0.4 is 11.2 Å². The summed E-state index contributed by atoms with van der Waals surface area (Å²) in [6.07, 6.45) is 5.12. The van der Waals surface area contributed by atoms with E-state index in [1.54, 1.807) is 12.1 Å². The summed E-state index contributed by atoms with van der Waals surface area (Å²) in [4.78, 5) is 16.5. The van der Waals surface area contributed by atoms with Crippen LogP contribution in [-0.2, 0) is 11.4 Å². The van der Waals surface area contributed by atoms with E-state index in [1.807, 2.05) is 12.1 Å². The summed E-state index contributed by atoms with van der Waals surface area (Å²) in [5, 5.41) is 0. The van der Waals surface area contributed by atoms with Crippen molar-refractivity contribution < 1.29 is 9.63 Å². The molecule has 1 aromatic rings. The highest BCUT2D eigenvalue weighted by Crippen LogP contribution is 2.19. The third-order valence-corrected chi connectivity index (χ3v) is 3.04. The van der Waals surface area contributed by atoms with Crippen LogP contribution in [0.25, 0.3) is 0 Å². The summed E-state index contributed by atoms with van der Waals surface area (Å²) in [5.41, 5.74) is 9.71. The Morgan fingerprint density at radius 3 is 2.88 bits per heavy atom. The molecule has 0 spiro atoms. The van der Waals surface area contributed by atoms with Gasteiger partial charge in [0.2, 0.25) is 5.91 Å². The smallest absolute Gasteiger partial charge is 0.248 e. The van der Waals surface area contributed by atoms with Crippen molar-refractivity contribution >= 4 is 5.91 Å². The van der Waals surface area contributed by atoms with Crippen LogP contribution in [0.4, 0.5) is 0 Å². The van der Waals surface area contributed by atoms with Crippen molar-refractivity contribution in [3.05, 3.63) is 35.4 Å². The monoisotopic (exact) mass is 234 g/mol. The van der Waals surface area contributed by atoms with Crippen molar-refractivity contribution in [1.29, 1.82) is 0 Å². The van der Waals surface area contributed by atoms with Crippen LogP contribution in [0, 0.1) is 0 Å². The molecule has 1 fully saturated rings. The second-order valence-electron chi connectivity index (χ2n) is 4.41. The fourth-order valence-corrected chi connectivity index (χ4v) is 2.08. The molecule has 17 heavy (non-hydrogen) atoms. The maximum atomic E-state index is 11.0. The van der Waals surface area contributed by atoms with E-state index in [0.717, 1.165) is 18.4 Å². The summed E-state index contributed by atoms with van der Waals surface area (Å²) in [6.45, 7) is 0.595. The quantitative estimate of drug-likeness (QED) is 0.763. The second kappa shape index (κ2) is 5.80. The van der Waals surface area contributed by atoms with Gasteiger partial charge in [-0.3, -0.25) is 9.63 Å². The number of carbonyl (C=O) groups excluding carboxylic acids is 1. The lowest BCUT2D eigenvalue weighted by Gasteiger charge is -2.11. The number of hydrogen-bond acceptors (Lipinski definition) is 3. The Labute approximate surface area is 101 Å². The average molecular weight is 234 g/mol. The molecule has 1 amide bonds. The SMILES string of the molecule is NC(=O)c1cccc(CNOC2CCCC2)c1. The molecule has 1 aromatic carbocycles. The standard InChI is InChI=1S/C13H18N2O2/c14-13(16)11-5-3-4-10(8-11)9-15-17-12-6-1-2-7-12/h3-5,8,12,15H,1-2,6-7,9H2,(H2,14,16). The van der Waals surface area contributed by atoms with Gasteiger partial charge < -0.3 is 5.73 Å². The van der Waals surface area contributed by atoms with Crippen LogP contribution in [0.15, 0.2) is 24.3 Å². The van der Waals surface area contributed by atoms with Crippen LogP contribution >= 0.6 is 0 Å². The number of hydrogen-bond donors (Lipinski definition) is 2. The minimum absolute atomic E-state index is 0.342. The second-order valence-corrected chi connectivity index (χ2v) is 4.41. The van der Waals surface area contributed by atoms with Crippen LogP contribution in [-0.4, -0.2) is 12.0 Å². The molecule has 0 atom stereocenters. The molecular weight excluding hydrogens is 216 g/mol. The summed E-state index contributed by atoms with van der Waals surface area (Å²) in [6, 6.07) is 7.27. The van der Waals surface area contributed by atoms with E-state index in [0.29, 0.717) is 18.2 Å². The number of primary amides is 1. The molecular formula is C13H18N2O2. The van der Waals surface area contributed by atoms with Gasteiger partial charge in [-0.25, -0.2) is 0 Å². The predicted molar refractivity (Wildman–Crippen MR) is 65.1 cm³/mol. The normalized spacial score (nSPS) is 16.2. The van der Waals surface area contributed by atoms with Crippen LogP contribution in [0.1, 0.15) is 41.6 Å². The molecule has 0 saturated heterocycles. The van der Waals surface area contributed by atoms with Crippen molar-refractivity contribution in [3.63, 3.8) is 0 Å². The predicted octanol–water partition coefficient (Wildman–Crippen LogP) is 1.75. The highest BCUT2D eigenvalue weighted by atomic mass is 16.7. The number of amides is 1. The maximum absolute atomic E-state index is 11.0. The van der Waals surface area contributed by atoms with E-state index in [2.05, 4.69) is 5.48 Å². The van der Waals surface area contributed by atoms with Gasteiger partial charge in [0.05, 0.1) is 6.10 Å². The third-order valence-electron chi connectivity index (χ3n) is 3.04. The molecule has 2 rings (SSSR count). The fraction of sp³-hybridized carbons (Fsp3) is 0.462. The van der Waals surface area contributed by atoms with E-state index < -0.39 is 5.91 Å². The number of nitrogens with two attached hydrogens (primary N) is 1. The average Bonchev–Trinajstić information content (AvgIpc) is 2.82. The van der Waals surface area contributed by atoms with Crippen molar-refractivity contribution in [3.8, 4) is 0 Å². The van der Waals surface area contributed by atoms with E-state index >= 15 is 0 Å². The molecule has 92 valence electrons. The Bertz CT molecular complexity index is 387. The minimum atomic E-state index is -0.399. The molecule has 4 heteroatoms. The van der Waals surface area contributed by atoms with Gasteiger partial charge in [-0.2, -0.15) is 5.48 Å². The lowest BCUT2D eigenvalue weighted by molar-refractivity contribution is -0.0244. The van der Waals surface area contributed by atoms with Crippen LogP contribution in [0.3, 0.4) is 0 Å². The van der Waals surface area contributed by atoms with E-state index in [-0.39, 0.29) is 0 Å². The first-order chi connectivity index (χ1) is 8.25. The lowest BCUT2D eigenvalue weighted by atomic mass is 10.1. The number of benzene rings is 1. The van der Waals surface area contributed by atoms with E-state index in [1.165, 1.54) is 12.8 Å². The molecule has 4 nitrogen and oxygen atoms in total. The topological polar surface area (TPSA) is 64.4 Å². The third kappa shape index (κ3) is 3.54. The first kappa shape index (κ1) is 12.1. The van der Waals surface area contributed by atoms with Gasteiger partial charge >= 0.3 is 0 Å². The van der Waals surface area contributed by atoms with Crippen molar-refractivity contribution in [2.45, 2.75) is 38.3 Å². The summed E-state index contributed by atoms with van der Waals surface area (Å²) >= 11 is 0. The Morgan fingerprint density at radius 2 is 2.18 bits per heavy atom. The van der Waals surface area contributed by atoms with Crippen LogP contribution in [0.2, 0.25) is 0 Å². The Balaban J connectivity index is 1.81. The molecule has 0 aliphatic heterocycles. The van der Waals surface area contributed by atoms with Crippen molar-refractivity contribution in [1.82, 2.24) is 5.48 Å². The van der Waals surface area contributed by atoms with E-state index in [4.69, 9.17) is 10.6 Å². The lowest BCUT2D eigenvalue weighted by Crippen LogP contribution is -2.21. The van der Waals surface area contributed by atoms with Gasteiger partial charge in [0.1, 0.15) is 0 Å². The number of carbonyl (C=O) groups is 1. The van der Waals surface area contributed by atoms with Crippen LogP contribution in [0.5, 0.6) is 0 Å². The summed E-state index contributed by atoms with van der Waals surface area (Å²) in [5.74, 6) is -0.399. The maximum Gasteiger partial charge on any atom is 0.248 e. The summed E-state index contributed by atoms with van der Waals surface area (Å²) in [7, 11) is 0. The molecule has 3 N–H and O–H groups in total. The van der Waals surface area contributed by atoms with Gasteiger partial charge in [-0.1, -0.05) is 25.0 Å². The fourth-order valence-electron chi connectivity index (χ4n) is 2.08. The molecule has 1 aliphatic rings. The van der Waals surface area contributed by atoms with Crippen molar-refractivity contribution in [2.24, 2.45) is 5.73 Å². The van der Waals surface area contributed by atoms with Gasteiger partial charge in [-0.05, 0) is 30.5 Å². The molecule has 0 radical (unpaired) electrons. The van der Waals surface area contributed by atoms with Gasteiger partial charge in [-0.15, -0.1) is 0 Å². The first-order valence-electron chi connectivity index (χ1n) is 6.03. The zero-order valence-corrected chi connectivity index (χ0v) is 9.82. The summed E-state index contributed by atoms with van der Waals surface area (Å²) < 4.78 is 0. The molecule has 1 saturated carbocycles. The molecule has 1 aliphatic carbocycles. The molecule has 0 unspecified atom stereocenters. The molecule has 0 bridgehead atoms. The Morgan fingerprint density at radius 1 is 1.41 bits per heavy atom. The van der Waals surface area contributed by atoms with Gasteiger partial charge in [0.25, 0.3) is 0 Å². The van der Waals surface area contributed by atoms with Gasteiger partial charge in [0, 0.05) is 12.1 Å². The Kier molecular flexibility index (Phi) is 4.12. The molecule has 0 heterocycles. The number of rotatable bonds is 5. The minimum Gasteiger partial charge on any atom is -0.366 e. The number of hydroxylamine groups is 1. The molecule has 0 aromatic heterocycles. The zero-order valence-electron chi connectivity index (χ0n) is 9.82. The largest absolute Gasteiger partial charge is 0.366 e. The highest BCUT2D eigenvalue weighted by molar-refractivity contribution is 5.92. The van der Waals surface area contributed by atoms with Gasteiger partial charge in [0.15, 0.2) is 0 Å². The van der Waals surface area contributed by atoms with E-state index in [9.17, 15) is 4.79 Å². The van der Waals surface area contributed by atoms with Crippen molar-refractivity contribution in [2.75, 3.05) is 0 Å². The zero-order chi connectivity index (χ0) is 12.1. The Hall–Kier alpha value is -1.39. The number of nitrogens with one attached hydrogen (secondary N) is 1. The highest BCUT2D eigenvalue weighted by Gasteiger charge is 2.15. The first-order valence-corrected chi connectivity index (χ1v) is 6.03.